The van der Waals surface area contributed by atoms with Crippen LogP contribution in [-0.2, 0) is 0 Å². The van der Waals surface area contributed by atoms with E-state index in [1.165, 1.54) is 32.7 Å². The molecule has 1 aliphatic heterocycles. The van der Waals surface area contributed by atoms with E-state index in [2.05, 4.69) is 16.7 Å². The van der Waals surface area contributed by atoms with Crippen molar-refractivity contribution in [1.29, 1.82) is 0 Å². The minimum absolute atomic E-state index is 0.650. The quantitative estimate of drug-likeness (QED) is 0.684. The maximum absolute atomic E-state index is 5.46. The fraction of sp³-hybridized carbons (Fsp3) is 0.900. The van der Waals surface area contributed by atoms with Gasteiger partial charge in [0.05, 0.1) is 4.99 Å². The summed E-state index contributed by atoms with van der Waals surface area (Å²) in [4.78, 5) is 5.64. The second-order valence-electron chi connectivity index (χ2n) is 3.85. The molecule has 1 heterocycles. The van der Waals surface area contributed by atoms with Gasteiger partial charge >= 0.3 is 0 Å². The predicted molar refractivity (Wildman–Crippen MR) is 64.6 cm³/mol. The summed E-state index contributed by atoms with van der Waals surface area (Å²) in [6.45, 7) is 9.38. The smallest absolute Gasteiger partial charge is 0.0727 e. The van der Waals surface area contributed by atoms with E-state index in [1.807, 2.05) is 0 Å². The number of rotatable bonds is 5. The van der Waals surface area contributed by atoms with Gasteiger partial charge in [-0.15, -0.1) is 0 Å². The number of thiocarbonyl (C=S) groups is 1. The van der Waals surface area contributed by atoms with E-state index in [0.717, 1.165) is 19.4 Å². The summed E-state index contributed by atoms with van der Waals surface area (Å²) >= 11 is 4.85. The monoisotopic (exact) mass is 215 g/mol. The Morgan fingerprint density at radius 3 is 2.29 bits per heavy atom. The second kappa shape index (κ2) is 6.32. The van der Waals surface area contributed by atoms with Gasteiger partial charge in [0, 0.05) is 26.2 Å². The summed E-state index contributed by atoms with van der Waals surface area (Å²) in [6, 6.07) is 0. The molecule has 1 rings (SSSR count). The molecule has 14 heavy (non-hydrogen) atoms. The molecule has 0 aromatic carbocycles. The van der Waals surface area contributed by atoms with E-state index < -0.39 is 0 Å². The van der Waals surface area contributed by atoms with Gasteiger partial charge in [-0.3, -0.25) is 0 Å². The van der Waals surface area contributed by atoms with Gasteiger partial charge < -0.3 is 15.5 Å². The molecule has 0 unspecified atom stereocenters. The highest BCUT2D eigenvalue weighted by molar-refractivity contribution is 7.80. The predicted octanol–water partition coefficient (Wildman–Crippen LogP) is 0.690. The molecule has 0 aliphatic carbocycles. The fourth-order valence-electron chi connectivity index (χ4n) is 1.81. The summed E-state index contributed by atoms with van der Waals surface area (Å²) < 4.78 is 0. The van der Waals surface area contributed by atoms with Gasteiger partial charge in [0.25, 0.3) is 0 Å². The van der Waals surface area contributed by atoms with E-state index >= 15 is 0 Å². The van der Waals surface area contributed by atoms with Gasteiger partial charge in [0.2, 0.25) is 0 Å². The Balaban J connectivity index is 2.07. The lowest BCUT2D eigenvalue weighted by Gasteiger charge is -2.33. The molecule has 0 aromatic rings. The molecule has 0 bridgehead atoms. The topological polar surface area (TPSA) is 32.5 Å². The third-order valence-corrected chi connectivity index (χ3v) is 3.01. The molecule has 1 fully saturated rings. The number of nitrogens with two attached hydrogens (primary N) is 1. The minimum atomic E-state index is 0.650. The van der Waals surface area contributed by atoms with Crippen LogP contribution in [0, 0.1) is 0 Å². The maximum atomic E-state index is 5.46. The summed E-state index contributed by atoms with van der Waals surface area (Å²) in [6.07, 6.45) is 2.00. The minimum Gasteiger partial charge on any atom is -0.393 e. The molecule has 82 valence electrons. The van der Waals surface area contributed by atoms with Gasteiger partial charge in [0.1, 0.15) is 0 Å². The van der Waals surface area contributed by atoms with Crippen LogP contribution in [0.15, 0.2) is 0 Å². The largest absolute Gasteiger partial charge is 0.393 e. The first kappa shape index (κ1) is 11.9. The molecule has 0 amide bonds. The van der Waals surface area contributed by atoms with E-state index in [9.17, 15) is 0 Å². The van der Waals surface area contributed by atoms with Crippen molar-refractivity contribution in [3.05, 3.63) is 0 Å². The van der Waals surface area contributed by atoms with Gasteiger partial charge in [-0.05, 0) is 25.9 Å². The first-order valence-electron chi connectivity index (χ1n) is 5.45. The third-order valence-electron chi connectivity index (χ3n) is 2.81. The van der Waals surface area contributed by atoms with Crippen molar-refractivity contribution < 1.29 is 0 Å². The van der Waals surface area contributed by atoms with Crippen LogP contribution >= 0.6 is 12.2 Å². The molecule has 3 nitrogen and oxygen atoms in total. The maximum Gasteiger partial charge on any atom is 0.0727 e. The number of likely N-dealkylation sites (N-methyl/N-ethyl adjacent to an activating group) is 1. The van der Waals surface area contributed by atoms with Gasteiger partial charge in [-0.25, -0.2) is 0 Å². The SMILES string of the molecule is CCN1CCN(CCCC(N)=S)CC1. The average Bonchev–Trinajstić information content (AvgIpc) is 2.18. The standard InChI is InChI=1S/C10H21N3S/c1-2-12-6-8-13(9-7-12)5-3-4-10(11)14/h2-9H2,1H3,(H2,11,14). The van der Waals surface area contributed by atoms with Crippen molar-refractivity contribution in [1.82, 2.24) is 9.80 Å². The first-order valence-corrected chi connectivity index (χ1v) is 5.86. The van der Waals surface area contributed by atoms with Crippen LogP contribution < -0.4 is 5.73 Å². The highest BCUT2D eigenvalue weighted by Gasteiger charge is 2.14. The highest BCUT2D eigenvalue weighted by Crippen LogP contribution is 2.02. The van der Waals surface area contributed by atoms with Crippen molar-refractivity contribution in [2.45, 2.75) is 19.8 Å². The van der Waals surface area contributed by atoms with Crippen molar-refractivity contribution in [2.75, 3.05) is 39.3 Å². The fourth-order valence-corrected chi connectivity index (χ4v) is 1.95. The Morgan fingerprint density at radius 1 is 1.21 bits per heavy atom. The van der Waals surface area contributed by atoms with Crippen LogP contribution in [0.2, 0.25) is 0 Å². The molecule has 1 aliphatic rings. The van der Waals surface area contributed by atoms with E-state index in [0.29, 0.717) is 4.99 Å². The molecule has 0 saturated carbocycles. The van der Waals surface area contributed by atoms with Crippen LogP contribution in [0.5, 0.6) is 0 Å². The van der Waals surface area contributed by atoms with Crippen LogP contribution in [0.4, 0.5) is 0 Å². The zero-order chi connectivity index (χ0) is 10.4. The molecule has 1 saturated heterocycles. The Kier molecular flexibility index (Phi) is 5.37. The van der Waals surface area contributed by atoms with Gasteiger partial charge in [-0.1, -0.05) is 19.1 Å². The van der Waals surface area contributed by atoms with E-state index in [1.54, 1.807) is 0 Å². The molecular formula is C10H21N3S. The lowest BCUT2D eigenvalue weighted by atomic mass is 10.2. The molecule has 0 radical (unpaired) electrons. The molecule has 2 N–H and O–H groups in total. The van der Waals surface area contributed by atoms with Crippen LogP contribution in [0.1, 0.15) is 19.8 Å². The van der Waals surface area contributed by atoms with E-state index in [-0.39, 0.29) is 0 Å². The number of hydrogen-bond donors (Lipinski definition) is 1. The average molecular weight is 215 g/mol. The van der Waals surface area contributed by atoms with Crippen molar-refractivity contribution in [3.63, 3.8) is 0 Å². The molecular weight excluding hydrogens is 194 g/mol. The molecule has 0 atom stereocenters. The van der Waals surface area contributed by atoms with Crippen LogP contribution in [0.25, 0.3) is 0 Å². The van der Waals surface area contributed by atoms with Crippen LogP contribution in [0.3, 0.4) is 0 Å². The Labute approximate surface area is 92.2 Å². The number of hydrogen-bond acceptors (Lipinski definition) is 3. The molecule has 0 spiro atoms. The summed E-state index contributed by atoms with van der Waals surface area (Å²) in [5.74, 6) is 0. The highest BCUT2D eigenvalue weighted by atomic mass is 32.1. The van der Waals surface area contributed by atoms with Crippen LogP contribution in [-0.4, -0.2) is 54.1 Å². The van der Waals surface area contributed by atoms with Gasteiger partial charge in [-0.2, -0.15) is 0 Å². The number of nitrogens with zero attached hydrogens (tertiary/aromatic N) is 2. The molecule has 0 aromatic heterocycles. The first-order chi connectivity index (χ1) is 6.72. The molecule has 4 heteroatoms. The third kappa shape index (κ3) is 4.35. The normalized spacial score (nSPS) is 19.8. The number of piperazine rings is 1. The lowest BCUT2D eigenvalue weighted by molar-refractivity contribution is 0.137. The summed E-state index contributed by atoms with van der Waals surface area (Å²) in [7, 11) is 0. The van der Waals surface area contributed by atoms with Crippen molar-refractivity contribution in [3.8, 4) is 0 Å². The zero-order valence-corrected chi connectivity index (χ0v) is 9.85. The van der Waals surface area contributed by atoms with Crippen molar-refractivity contribution in [2.24, 2.45) is 5.73 Å². The Hall–Kier alpha value is -0.190. The second-order valence-corrected chi connectivity index (χ2v) is 4.37. The lowest BCUT2D eigenvalue weighted by Crippen LogP contribution is -2.46. The van der Waals surface area contributed by atoms with Gasteiger partial charge in [0.15, 0.2) is 0 Å². The van der Waals surface area contributed by atoms with Crippen molar-refractivity contribution >= 4 is 17.2 Å². The Bertz CT molecular complexity index is 176. The zero-order valence-electron chi connectivity index (χ0n) is 9.04. The Morgan fingerprint density at radius 2 is 1.79 bits per heavy atom. The van der Waals surface area contributed by atoms with E-state index in [4.69, 9.17) is 18.0 Å². The summed E-state index contributed by atoms with van der Waals surface area (Å²) in [5.41, 5.74) is 5.46. The summed E-state index contributed by atoms with van der Waals surface area (Å²) in [5, 5.41) is 0.